The van der Waals surface area contributed by atoms with E-state index in [0.29, 0.717) is 6.54 Å². The number of nitrogens with one attached hydrogen (secondary N) is 1. The summed E-state index contributed by atoms with van der Waals surface area (Å²) in [5.74, 6) is 0.926. The molecule has 22 heavy (non-hydrogen) atoms. The van der Waals surface area contributed by atoms with Crippen molar-refractivity contribution in [3.63, 3.8) is 0 Å². The van der Waals surface area contributed by atoms with Gasteiger partial charge in [-0.2, -0.15) is 5.10 Å². The lowest BCUT2D eigenvalue weighted by Gasteiger charge is -2.22. The summed E-state index contributed by atoms with van der Waals surface area (Å²) in [4.78, 5) is 6.83. The minimum atomic E-state index is 0.711. The average molecular weight is 299 g/mol. The van der Waals surface area contributed by atoms with Gasteiger partial charge >= 0.3 is 0 Å². The molecule has 0 unspecified atom stereocenters. The zero-order valence-electron chi connectivity index (χ0n) is 13.7. The van der Waals surface area contributed by atoms with Crippen molar-refractivity contribution in [1.29, 1.82) is 0 Å². The first-order valence-corrected chi connectivity index (χ1v) is 7.71. The highest BCUT2D eigenvalue weighted by molar-refractivity contribution is 5.79. The normalized spacial score (nSPS) is 11.5. The molecule has 0 amide bonds. The van der Waals surface area contributed by atoms with Gasteiger partial charge in [0.2, 0.25) is 0 Å². The van der Waals surface area contributed by atoms with Gasteiger partial charge in [0, 0.05) is 26.3 Å². The number of hydrogen-bond donors (Lipinski definition) is 1. The van der Waals surface area contributed by atoms with Crippen molar-refractivity contribution in [2.45, 2.75) is 26.9 Å². The van der Waals surface area contributed by atoms with Gasteiger partial charge in [-0.3, -0.25) is 9.67 Å². The van der Waals surface area contributed by atoms with Crippen molar-refractivity contribution in [3.8, 4) is 0 Å². The van der Waals surface area contributed by atoms with Crippen LogP contribution in [0.15, 0.2) is 47.7 Å². The van der Waals surface area contributed by atoms with Crippen LogP contribution < -0.4 is 5.32 Å². The van der Waals surface area contributed by atoms with E-state index in [1.165, 1.54) is 11.1 Å². The number of aliphatic imine (C=N–C) groups is 1. The van der Waals surface area contributed by atoms with Crippen LogP contribution in [0.25, 0.3) is 0 Å². The zero-order valence-corrected chi connectivity index (χ0v) is 13.7. The highest BCUT2D eigenvalue weighted by Gasteiger charge is 2.06. The smallest absolute Gasteiger partial charge is 0.194 e. The molecule has 118 valence electrons. The van der Waals surface area contributed by atoms with Crippen molar-refractivity contribution in [1.82, 2.24) is 20.0 Å². The number of benzene rings is 1. The lowest BCUT2D eigenvalue weighted by Crippen LogP contribution is -2.38. The second-order valence-electron chi connectivity index (χ2n) is 5.36. The first kappa shape index (κ1) is 16.1. The first-order valence-electron chi connectivity index (χ1n) is 7.71. The zero-order chi connectivity index (χ0) is 15.8. The minimum absolute atomic E-state index is 0.711. The molecule has 0 fully saturated rings. The van der Waals surface area contributed by atoms with Crippen molar-refractivity contribution in [3.05, 3.63) is 53.9 Å². The summed E-state index contributed by atoms with van der Waals surface area (Å²) in [6.45, 7) is 7.34. The fourth-order valence-corrected chi connectivity index (χ4v) is 2.25. The van der Waals surface area contributed by atoms with Crippen LogP contribution in [-0.4, -0.2) is 40.8 Å². The third-order valence-corrected chi connectivity index (χ3v) is 3.31. The van der Waals surface area contributed by atoms with E-state index < -0.39 is 0 Å². The summed E-state index contributed by atoms with van der Waals surface area (Å²) in [6.07, 6.45) is 3.91. The van der Waals surface area contributed by atoms with Gasteiger partial charge in [0.1, 0.15) is 0 Å². The number of aryl methyl sites for hydroxylation is 1. The van der Waals surface area contributed by atoms with E-state index in [1.807, 2.05) is 30.1 Å². The van der Waals surface area contributed by atoms with Gasteiger partial charge in [0.25, 0.3) is 0 Å². The van der Waals surface area contributed by atoms with Crippen molar-refractivity contribution in [2.24, 2.45) is 4.99 Å². The summed E-state index contributed by atoms with van der Waals surface area (Å²) < 4.78 is 1.93. The van der Waals surface area contributed by atoms with Crippen molar-refractivity contribution < 1.29 is 0 Å². The van der Waals surface area contributed by atoms with Crippen LogP contribution in [0.4, 0.5) is 0 Å². The summed E-state index contributed by atoms with van der Waals surface area (Å²) in [5.41, 5.74) is 2.45. The highest BCUT2D eigenvalue weighted by atomic mass is 15.3. The van der Waals surface area contributed by atoms with E-state index >= 15 is 0 Å². The summed E-state index contributed by atoms with van der Waals surface area (Å²) in [5, 5.41) is 7.62. The maximum Gasteiger partial charge on any atom is 0.194 e. The Morgan fingerprint density at radius 2 is 2.09 bits per heavy atom. The Labute approximate surface area is 132 Å². The molecule has 0 saturated carbocycles. The molecule has 1 heterocycles. The van der Waals surface area contributed by atoms with Gasteiger partial charge in [-0.1, -0.05) is 30.3 Å². The Kier molecular flexibility index (Phi) is 6.01. The number of rotatable bonds is 6. The van der Waals surface area contributed by atoms with E-state index in [0.717, 1.165) is 25.6 Å². The van der Waals surface area contributed by atoms with Crippen LogP contribution in [-0.2, 0) is 13.1 Å². The van der Waals surface area contributed by atoms with Gasteiger partial charge < -0.3 is 10.2 Å². The molecular formula is C17H25N5. The van der Waals surface area contributed by atoms with Crippen LogP contribution >= 0.6 is 0 Å². The molecule has 1 aromatic carbocycles. The highest BCUT2D eigenvalue weighted by Crippen LogP contribution is 2.03. The molecule has 1 N–H and O–H groups in total. The number of nitrogens with zero attached hydrogens (tertiary/aromatic N) is 4. The second kappa shape index (κ2) is 8.22. The summed E-state index contributed by atoms with van der Waals surface area (Å²) >= 11 is 0. The number of aromatic nitrogens is 2. The maximum atomic E-state index is 4.68. The molecule has 0 aliphatic heterocycles. The van der Waals surface area contributed by atoms with Crippen LogP contribution in [0.5, 0.6) is 0 Å². The average Bonchev–Trinajstić information content (AvgIpc) is 2.93. The Bertz CT molecular complexity index is 588. The molecule has 5 nitrogen and oxygen atoms in total. The van der Waals surface area contributed by atoms with Crippen LogP contribution in [0.3, 0.4) is 0 Å². The quantitative estimate of drug-likeness (QED) is 0.657. The number of guanidine groups is 1. The molecule has 0 aliphatic rings. The molecule has 0 atom stereocenters. The van der Waals surface area contributed by atoms with Gasteiger partial charge in [0.15, 0.2) is 5.96 Å². The van der Waals surface area contributed by atoms with Crippen LogP contribution in [0, 0.1) is 6.92 Å². The van der Waals surface area contributed by atoms with Crippen molar-refractivity contribution in [2.75, 3.05) is 20.1 Å². The third-order valence-electron chi connectivity index (χ3n) is 3.31. The Morgan fingerprint density at radius 1 is 1.32 bits per heavy atom. The molecule has 2 rings (SSSR count). The number of hydrogen-bond acceptors (Lipinski definition) is 2. The SMILES string of the molecule is CCNC(=NCCn1cc(C)cn1)N(C)Cc1ccccc1. The lowest BCUT2D eigenvalue weighted by molar-refractivity contribution is 0.475. The van der Waals surface area contributed by atoms with E-state index in [1.54, 1.807) is 0 Å². The Hall–Kier alpha value is -2.30. The summed E-state index contributed by atoms with van der Waals surface area (Å²) in [6, 6.07) is 10.4. The van der Waals surface area contributed by atoms with Crippen LogP contribution in [0.1, 0.15) is 18.1 Å². The van der Waals surface area contributed by atoms with E-state index in [2.05, 4.69) is 58.5 Å². The molecule has 2 aromatic rings. The summed E-state index contributed by atoms with van der Waals surface area (Å²) in [7, 11) is 2.06. The van der Waals surface area contributed by atoms with Crippen molar-refractivity contribution >= 4 is 5.96 Å². The molecule has 0 saturated heterocycles. The standard InChI is InChI=1S/C17H25N5/c1-4-18-17(19-10-11-22-13-15(2)12-20-22)21(3)14-16-8-6-5-7-9-16/h5-9,12-13H,4,10-11,14H2,1-3H3,(H,18,19). The Morgan fingerprint density at radius 3 is 2.73 bits per heavy atom. The maximum absolute atomic E-state index is 4.68. The van der Waals surface area contributed by atoms with Crippen LogP contribution in [0.2, 0.25) is 0 Å². The molecule has 0 spiro atoms. The fourth-order valence-electron chi connectivity index (χ4n) is 2.25. The first-order chi connectivity index (χ1) is 10.7. The largest absolute Gasteiger partial charge is 0.357 e. The molecule has 0 bridgehead atoms. The van der Waals surface area contributed by atoms with Gasteiger partial charge in [0.05, 0.1) is 19.3 Å². The topological polar surface area (TPSA) is 45.5 Å². The fraction of sp³-hybridized carbons (Fsp3) is 0.412. The Balaban J connectivity index is 1.93. The predicted octanol–water partition coefficient (Wildman–Crippen LogP) is 2.29. The second-order valence-corrected chi connectivity index (χ2v) is 5.36. The third kappa shape index (κ3) is 4.91. The molecule has 1 aromatic heterocycles. The molecular weight excluding hydrogens is 274 g/mol. The van der Waals surface area contributed by atoms with Gasteiger partial charge in [-0.15, -0.1) is 0 Å². The predicted molar refractivity (Wildman–Crippen MR) is 90.9 cm³/mol. The van der Waals surface area contributed by atoms with E-state index in [4.69, 9.17) is 0 Å². The minimum Gasteiger partial charge on any atom is -0.357 e. The molecule has 5 heteroatoms. The monoisotopic (exact) mass is 299 g/mol. The van der Waals surface area contributed by atoms with E-state index in [9.17, 15) is 0 Å². The lowest BCUT2D eigenvalue weighted by atomic mass is 10.2. The van der Waals surface area contributed by atoms with E-state index in [-0.39, 0.29) is 0 Å². The van der Waals surface area contributed by atoms with Gasteiger partial charge in [-0.05, 0) is 25.0 Å². The molecule has 0 aliphatic carbocycles. The molecule has 0 radical (unpaired) electrons. The van der Waals surface area contributed by atoms with Gasteiger partial charge in [-0.25, -0.2) is 0 Å².